The highest BCUT2D eigenvalue weighted by molar-refractivity contribution is 6.68. The van der Waals surface area contributed by atoms with Crippen LogP contribution in [0.4, 0.5) is 10.1 Å². The van der Waals surface area contributed by atoms with E-state index >= 15 is 0 Å². The van der Waals surface area contributed by atoms with Crippen LogP contribution >= 0.6 is 34.8 Å². The van der Waals surface area contributed by atoms with Crippen molar-refractivity contribution in [3.63, 3.8) is 0 Å². The van der Waals surface area contributed by atoms with Crippen LogP contribution in [0.2, 0.25) is 0 Å². The molecule has 0 aromatic heterocycles. The van der Waals surface area contributed by atoms with E-state index in [4.69, 9.17) is 34.8 Å². The third-order valence-electron chi connectivity index (χ3n) is 4.09. The van der Waals surface area contributed by atoms with Crippen molar-refractivity contribution in [2.75, 3.05) is 4.90 Å². The van der Waals surface area contributed by atoms with E-state index in [-0.39, 0.29) is 5.82 Å². The van der Waals surface area contributed by atoms with Gasteiger partial charge in [0.15, 0.2) is 0 Å². The molecule has 0 N–H and O–H groups in total. The van der Waals surface area contributed by atoms with E-state index in [0.29, 0.717) is 6.54 Å². The van der Waals surface area contributed by atoms with Gasteiger partial charge in [0, 0.05) is 12.2 Å². The molecule has 5 heteroatoms. The number of rotatable bonds is 5. The molecule has 134 valence electrons. The highest BCUT2D eigenvalue weighted by Gasteiger charge is 2.38. The minimum Gasteiger partial charge on any atom is -0.356 e. The molecule has 3 rings (SSSR count). The average Bonchev–Trinajstić information content (AvgIpc) is 2.63. The molecule has 0 saturated heterocycles. The summed E-state index contributed by atoms with van der Waals surface area (Å²) in [6.45, 7) is 0.542. The van der Waals surface area contributed by atoms with E-state index in [1.54, 1.807) is 12.1 Å². The van der Waals surface area contributed by atoms with Gasteiger partial charge in [-0.05, 0) is 35.4 Å². The molecular formula is C21H17Cl3FN. The fourth-order valence-electron chi connectivity index (χ4n) is 2.92. The zero-order chi connectivity index (χ0) is 18.6. The first kappa shape index (κ1) is 19.0. The van der Waals surface area contributed by atoms with Crippen molar-refractivity contribution in [1.29, 1.82) is 0 Å². The maximum absolute atomic E-state index is 13.4. The molecule has 3 aromatic carbocycles. The van der Waals surface area contributed by atoms with Gasteiger partial charge in [-0.1, -0.05) is 95.5 Å². The van der Waals surface area contributed by atoms with Gasteiger partial charge >= 0.3 is 0 Å². The van der Waals surface area contributed by atoms with E-state index in [1.165, 1.54) is 12.1 Å². The Balaban J connectivity index is 2.08. The van der Waals surface area contributed by atoms with Crippen LogP contribution in [0.5, 0.6) is 0 Å². The highest BCUT2D eigenvalue weighted by atomic mass is 35.6. The molecule has 1 atom stereocenters. The Bertz CT molecular complexity index is 817. The van der Waals surface area contributed by atoms with Crippen molar-refractivity contribution in [2.24, 2.45) is 0 Å². The summed E-state index contributed by atoms with van der Waals surface area (Å²) in [5.41, 5.74) is 2.72. The third-order valence-corrected chi connectivity index (χ3v) is 4.71. The van der Waals surface area contributed by atoms with Crippen LogP contribution in [0.15, 0.2) is 84.9 Å². The summed E-state index contributed by atoms with van der Waals surface area (Å²) in [5.74, 6) is -0.328. The molecule has 1 unspecified atom stereocenters. The molecule has 0 aliphatic carbocycles. The second-order valence-corrected chi connectivity index (χ2v) is 8.31. The van der Waals surface area contributed by atoms with Gasteiger partial charge < -0.3 is 4.90 Å². The van der Waals surface area contributed by atoms with Crippen LogP contribution in [0.1, 0.15) is 17.2 Å². The summed E-state index contributed by atoms with van der Waals surface area (Å²) >= 11 is 19.1. The lowest BCUT2D eigenvalue weighted by molar-refractivity contribution is 0.612. The number of benzene rings is 3. The van der Waals surface area contributed by atoms with Gasteiger partial charge in [-0.25, -0.2) is 4.39 Å². The van der Waals surface area contributed by atoms with Crippen molar-refractivity contribution in [3.8, 4) is 0 Å². The van der Waals surface area contributed by atoms with Crippen molar-refractivity contribution in [1.82, 2.24) is 0 Å². The Morgan fingerprint density at radius 2 is 1.31 bits per heavy atom. The molecule has 0 radical (unpaired) electrons. The summed E-state index contributed by atoms with van der Waals surface area (Å²) in [4.78, 5) is 2.02. The lowest BCUT2D eigenvalue weighted by Crippen LogP contribution is -2.36. The summed E-state index contributed by atoms with van der Waals surface area (Å²) in [7, 11) is 0. The molecule has 0 aliphatic heterocycles. The van der Waals surface area contributed by atoms with Crippen molar-refractivity contribution in [2.45, 2.75) is 16.4 Å². The van der Waals surface area contributed by atoms with Crippen LogP contribution in [-0.4, -0.2) is 3.79 Å². The monoisotopic (exact) mass is 407 g/mol. The molecule has 0 aliphatic rings. The largest absolute Gasteiger partial charge is 0.356 e. The molecule has 26 heavy (non-hydrogen) atoms. The SMILES string of the molecule is Fc1ccc(C(N(Cc2ccccc2)c2ccccc2)C(Cl)(Cl)Cl)cc1. The minimum atomic E-state index is -1.61. The van der Waals surface area contributed by atoms with E-state index in [0.717, 1.165) is 16.8 Å². The summed E-state index contributed by atoms with van der Waals surface area (Å²) in [5, 5.41) is 0. The highest BCUT2D eigenvalue weighted by Crippen LogP contribution is 2.46. The van der Waals surface area contributed by atoms with E-state index in [2.05, 4.69) is 0 Å². The molecule has 3 aromatic rings. The van der Waals surface area contributed by atoms with Gasteiger partial charge in [-0.3, -0.25) is 0 Å². The Labute approximate surface area is 167 Å². The fraction of sp³-hybridized carbons (Fsp3) is 0.143. The normalized spacial score (nSPS) is 12.6. The zero-order valence-electron chi connectivity index (χ0n) is 13.8. The van der Waals surface area contributed by atoms with Gasteiger partial charge in [0.25, 0.3) is 0 Å². The maximum Gasteiger partial charge on any atom is 0.214 e. The Kier molecular flexibility index (Phi) is 6.08. The Morgan fingerprint density at radius 1 is 0.769 bits per heavy atom. The second kappa shape index (κ2) is 8.30. The Hall–Kier alpha value is -1.74. The lowest BCUT2D eigenvalue weighted by atomic mass is 10.0. The number of nitrogens with zero attached hydrogens (tertiary/aromatic N) is 1. The van der Waals surface area contributed by atoms with Gasteiger partial charge in [-0.15, -0.1) is 0 Å². The fourth-order valence-corrected chi connectivity index (χ4v) is 3.65. The summed E-state index contributed by atoms with van der Waals surface area (Å²) in [6.07, 6.45) is 0. The first-order valence-electron chi connectivity index (χ1n) is 8.13. The number of anilines is 1. The molecule has 1 nitrogen and oxygen atoms in total. The molecule has 0 saturated carbocycles. The topological polar surface area (TPSA) is 3.24 Å². The summed E-state index contributed by atoms with van der Waals surface area (Å²) in [6, 6.07) is 25.2. The summed E-state index contributed by atoms with van der Waals surface area (Å²) < 4.78 is 11.8. The standard InChI is InChI=1S/C21H17Cl3FN/c22-21(23,24)20(17-11-13-18(25)14-12-17)26(19-9-5-2-6-10-19)15-16-7-3-1-4-8-16/h1-14,20H,15H2. The molecule has 0 amide bonds. The molecule has 0 fully saturated rings. The lowest BCUT2D eigenvalue weighted by Gasteiger charge is -2.38. The van der Waals surface area contributed by atoms with Crippen LogP contribution in [0, 0.1) is 5.82 Å². The second-order valence-electron chi connectivity index (χ2n) is 5.94. The van der Waals surface area contributed by atoms with Gasteiger partial charge in [0.05, 0.1) is 0 Å². The quantitative estimate of drug-likeness (QED) is 0.413. The first-order chi connectivity index (χ1) is 12.4. The third kappa shape index (κ3) is 4.70. The molecule has 0 bridgehead atoms. The van der Waals surface area contributed by atoms with Crippen LogP contribution in [0.3, 0.4) is 0 Å². The van der Waals surface area contributed by atoms with Crippen molar-refractivity contribution < 1.29 is 4.39 Å². The average molecular weight is 409 g/mol. The number of alkyl halides is 3. The number of para-hydroxylation sites is 1. The molecule has 0 spiro atoms. The number of halogens is 4. The predicted octanol–water partition coefficient (Wildman–Crippen LogP) is 6.94. The smallest absolute Gasteiger partial charge is 0.214 e. The molecular weight excluding hydrogens is 392 g/mol. The van der Waals surface area contributed by atoms with E-state index in [9.17, 15) is 4.39 Å². The maximum atomic E-state index is 13.4. The van der Waals surface area contributed by atoms with Crippen LogP contribution in [-0.2, 0) is 6.54 Å². The van der Waals surface area contributed by atoms with Gasteiger partial charge in [-0.2, -0.15) is 0 Å². The Morgan fingerprint density at radius 3 is 1.85 bits per heavy atom. The van der Waals surface area contributed by atoms with E-state index in [1.807, 2.05) is 65.6 Å². The predicted molar refractivity (Wildman–Crippen MR) is 108 cm³/mol. The minimum absolute atomic E-state index is 0.328. The molecule has 0 heterocycles. The van der Waals surface area contributed by atoms with E-state index < -0.39 is 9.83 Å². The van der Waals surface area contributed by atoms with Gasteiger partial charge in [0.1, 0.15) is 11.9 Å². The van der Waals surface area contributed by atoms with Crippen molar-refractivity contribution in [3.05, 3.63) is 102 Å². The van der Waals surface area contributed by atoms with Crippen LogP contribution < -0.4 is 4.90 Å². The number of hydrogen-bond donors (Lipinski definition) is 0. The first-order valence-corrected chi connectivity index (χ1v) is 9.26. The zero-order valence-corrected chi connectivity index (χ0v) is 16.1. The van der Waals surface area contributed by atoms with Gasteiger partial charge in [0.2, 0.25) is 3.79 Å². The van der Waals surface area contributed by atoms with Crippen LogP contribution in [0.25, 0.3) is 0 Å². The number of hydrogen-bond acceptors (Lipinski definition) is 1. The van der Waals surface area contributed by atoms with Crippen molar-refractivity contribution >= 4 is 40.5 Å².